The SMILES string of the molecule is CCNC(=S)CCC1CCCCC1. The second-order valence-electron chi connectivity index (χ2n) is 4.00. The van der Waals surface area contributed by atoms with Gasteiger partial charge in [0.15, 0.2) is 0 Å². The molecule has 0 bridgehead atoms. The fourth-order valence-corrected chi connectivity index (χ4v) is 2.36. The van der Waals surface area contributed by atoms with E-state index in [9.17, 15) is 0 Å². The van der Waals surface area contributed by atoms with Crippen molar-refractivity contribution < 1.29 is 0 Å². The van der Waals surface area contributed by atoms with Gasteiger partial charge in [0.1, 0.15) is 0 Å². The molecule has 0 aromatic carbocycles. The van der Waals surface area contributed by atoms with Gasteiger partial charge >= 0.3 is 0 Å². The molecule has 0 atom stereocenters. The first-order valence-electron chi connectivity index (χ1n) is 5.59. The molecule has 1 N–H and O–H groups in total. The van der Waals surface area contributed by atoms with Crippen molar-refractivity contribution in [3.63, 3.8) is 0 Å². The van der Waals surface area contributed by atoms with Crippen molar-refractivity contribution in [1.29, 1.82) is 0 Å². The number of hydrogen-bond acceptors (Lipinski definition) is 1. The Labute approximate surface area is 87.3 Å². The van der Waals surface area contributed by atoms with E-state index in [0.29, 0.717) is 0 Å². The van der Waals surface area contributed by atoms with Gasteiger partial charge in [-0.2, -0.15) is 0 Å². The summed E-state index contributed by atoms with van der Waals surface area (Å²) in [6.45, 7) is 3.08. The van der Waals surface area contributed by atoms with Crippen LogP contribution in [0.25, 0.3) is 0 Å². The van der Waals surface area contributed by atoms with E-state index in [2.05, 4.69) is 12.2 Å². The zero-order chi connectivity index (χ0) is 9.52. The monoisotopic (exact) mass is 199 g/mol. The molecule has 0 unspecified atom stereocenters. The minimum absolute atomic E-state index is 0.963. The van der Waals surface area contributed by atoms with Crippen LogP contribution in [0.1, 0.15) is 51.9 Å². The van der Waals surface area contributed by atoms with Gasteiger partial charge in [0, 0.05) is 6.54 Å². The van der Waals surface area contributed by atoms with E-state index >= 15 is 0 Å². The van der Waals surface area contributed by atoms with E-state index in [-0.39, 0.29) is 0 Å². The van der Waals surface area contributed by atoms with Crippen LogP contribution in [0.15, 0.2) is 0 Å². The molecule has 1 aliphatic carbocycles. The third-order valence-corrected chi connectivity index (χ3v) is 3.23. The molecular weight excluding hydrogens is 178 g/mol. The number of hydrogen-bond donors (Lipinski definition) is 1. The first-order chi connectivity index (χ1) is 6.33. The Morgan fingerprint density at radius 3 is 2.62 bits per heavy atom. The fourth-order valence-electron chi connectivity index (χ4n) is 2.10. The lowest BCUT2D eigenvalue weighted by molar-refractivity contribution is 0.343. The Morgan fingerprint density at radius 2 is 2.00 bits per heavy atom. The summed E-state index contributed by atoms with van der Waals surface area (Å²) in [5.74, 6) is 0.963. The molecule has 13 heavy (non-hydrogen) atoms. The quantitative estimate of drug-likeness (QED) is 0.697. The van der Waals surface area contributed by atoms with Crippen molar-refractivity contribution >= 4 is 17.2 Å². The van der Waals surface area contributed by atoms with Gasteiger partial charge in [0.25, 0.3) is 0 Å². The fraction of sp³-hybridized carbons (Fsp3) is 0.909. The van der Waals surface area contributed by atoms with E-state index in [1.54, 1.807) is 0 Å². The summed E-state index contributed by atoms with van der Waals surface area (Å²) >= 11 is 5.21. The smallest absolute Gasteiger partial charge is 0.0753 e. The number of rotatable bonds is 4. The van der Waals surface area contributed by atoms with Crippen LogP contribution in [0.3, 0.4) is 0 Å². The van der Waals surface area contributed by atoms with Crippen LogP contribution in [-0.2, 0) is 0 Å². The standard InChI is InChI=1S/C11H21NS/c1-2-12-11(13)9-8-10-6-4-3-5-7-10/h10H,2-9H2,1H3,(H,12,13). The van der Waals surface area contributed by atoms with Crippen LogP contribution in [0, 0.1) is 5.92 Å². The molecule has 0 aromatic rings. The molecule has 1 nitrogen and oxygen atoms in total. The molecule has 0 saturated heterocycles. The highest BCUT2D eigenvalue weighted by Gasteiger charge is 2.13. The Kier molecular flexibility index (Phi) is 5.37. The summed E-state index contributed by atoms with van der Waals surface area (Å²) < 4.78 is 0. The van der Waals surface area contributed by atoms with Gasteiger partial charge in [0.05, 0.1) is 4.99 Å². The number of thiocarbonyl (C=S) groups is 1. The predicted molar refractivity (Wildman–Crippen MR) is 62.1 cm³/mol. The number of nitrogens with one attached hydrogen (secondary N) is 1. The summed E-state index contributed by atoms with van der Waals surface area (Å²) in [5.41, 5.74) is 0. The Hall–Kier alpha value is -0.110. The largest absolute Gasteiger partial charge is 0.380 e. The van der Waals surface area contributed by atoms with Crippen LogP contribution in [-0.4, -0.2) is 11.5 Å². The van der Waals surface area contributed by atoms with Crippen molar-refractivity contribution in [2.24, 2.45) is 5.92 Å². The van der Waals surface area contributed by atoms with E-state index in [4.69, 9.17) is 12.2 Å². The summed E-state index contributed by atoms with van der Waals surface area (Å²) in [5, 5.41) is 3.22. The van der Waals surface area contributed by atoms with Gasteiger partial charge in [-0.05, 0) is 25.7 Å². The van der Waals surface area contributed by atoms with Gasteiger partial charge in [-0.25, -0.2) is 0 Å². The molecule has 0 amide bonds. The van der Waals surface area contributed by atoms with Gasteiger partial charge in [-0.1, -0.05) is 44.3 Å². The van der Waals surface area contributed by atoms with Gasteiger partial charge in [-0.15, -0.1) is 0 Å². The molecule has 2 heteroatoms. The van der Waals surface area contributed by atoms with Crippen LogP contribution in [0.5, 0.6) is 0 Å². The maximum Gasteiger partial charge on any atom is 0.0753 e. The van der Waals surface area contributed by atoms with E-state index in [1.165, 1.54) is 38.5 Å². The first kappa shape index (κ1) is 11.0. The third-order valence-electron chi connectivity index (χ3n) is 2.88. The van der Waals surface area contributed by atoms with Crippen LogP contribution < -0.4 is 5.32 Å². The van der Waals surface area contributed by atoms with Gasteiger partial charge in [-0.3, -0.25) is 0 Å². The highest BCUT2D eigenvalue weighted by atomic mass is 32.1. The average Bonchev–Trinajstić information content (AvgIpc) is 2.17. The summed E-state index contributed by atoms with van der Waals surface area (Å²) in [6.07, 6.45) is 9.63. The highest BCUT2D eigenvalue weighted by molar-refractivity contribution is 7.80. The van der Waals surface area contributed by atoms with Crippen molar-refractivity contribution in [2.45, 2.75) is 51.9 Å². The maximum atomic E-state index is 5.21. The molecule has 1 saturated carbocycles. The minimum Gasteiger partial charge on any atom is -0.380 e. The topological polar surface area (TPSA) is 12.0 Å². The molecular formula is C11H21NS. The zero-order valence-electron chi connectivity index (χ0n) is 8.64. The van der Waals surface area contributed by atoms with Crippen LogP contribution in [0.4, 0.5) is 0 Å². The van der Waals surface area contributed by atoms with Crippen LogP contribution >= 0.6 is 12.2 Å². The second-order valence-corrected chi connectivity index (χ2v) is 4.49. The van der Waals surface area contributed by atoms with Crippen LogP contribution in [0.2, 0.25) is 0 Å². The predicted octanol–water partition coefficient (Wildman–Crippen LogP) is 3.28. The Bertz CT molecular complexity index is 150. The molecule has 0 aromatic heterocycles. The summed E-state index contributed by atoms with van der Waals surface area (Å²) in [7, 11) is 0. The second kappa shape index (κ2) is 6.36. The van der Waals surface area contributed by atoms with E-state index < -0.39 is 0 Å². The first-order valence-corrected chi connectivity index (χ1v) is 6.00. The molecule has 0 aliphatic heterocycles. The minimum atomic E-state index is 0.963. The normalized spacial score (nSPS) is 18.5. The Morgan fingerprint density at radius 1 is 1.31 bits per heavy atom. The lowest BCUT2D eigenvalue weighted by Crippen LogP contribution is -2.21. The molecule has 0 heterocycles. The summed E-state index contributed by atoms with van der Waals surface area (Å²) in [6, 6.07) is 0. The Balaban J connectivity index is 2.06. The molecule has 0 radical (unpaired) electrons. The summed E-state index contributed by atoms with van der Waals surface area (Å²) in [4.78, 5) is 1.06. The molecule has 1 aliphatic rings. The van der Waals surface area contributed by atoms with E-state index in [1.807, 2.05) is 0 Å². The van der Waals surface area contributed by atoms with Gasteiger partial charge < -0.3 is 5.32 Å². The zero-order valence-corrected chi connectivity index (χ0v) is 9.46. The lowest BCUT2D eigenvalue weighted by Gasteiger charge is -2.21. The van der Waals surface area contributed by atoms with Gasteiger partial charge in [0.2, 0.25) is 0 Å². The average molecular weight is 199 g/mol. The maximum absolute atomic E-state index is 5.21. The van der Waals surface area contributed by atoms with Crippen molar-refractivity contribution in [3.8, 4) is 0 Å². The molecule has 1 rings (SSSR count). The van der Waals surface area contributed by atoms with Crippen molar-refractivity contribution in [1.82, 2.24) is 5.32 Å². The van der Waals surface area contributed by atoms with Crippen molar-refractivity contribution in [2.75, 3.05) is 6.54 Å². The third kappa shape index (κ3) is 4.61. The molecule has 76 valence electrons. The molecule has 1 fully saturated rings. The highest BCUT2D eigenvalue weighted by Crippen LogP contribution is 2.27. The van der Waals surface area contributed by atoms with E-state index in [0.717, 1.165) is 23.9 Å². The van der Waals surface area contributed by atoms with Crippen molar-refractivity contribution in [3.05, 3.63) is 0 Å². The lowest BCUT2D eigenvalue weighted by atomic mass is 9.86. The molecule has 0 spiro atoms.